The highest BCUT2D eigenvalue weighted by Gasteiger charge is 2.32. The number of urea groups is 1. The van der Waals surface area contributed by atoms with E-state index in [1.165, 1.54) is 12.8 Å². The van der Waals surface area contributed by atoms with Crippen LogP contribution < -0.4 is 15.4 Å². The van der Waals surface area contributed by atoms with Crippen LogP contribution in [0.5, 0.6) is 5.75 Å². The fourth-order valence-corrected chi connectivity index (χ4v) is 5.16. The van der Waals surface area contributed by atoms with Gasteiger partial charge in [0.2, 0.25) is 0 Å². The van der Waals surface area contributed by atoms with Crippen LogP contribution in [0.25, 0.3) is 10.9 Å². The number of ketones is 1. The second kappa shape index (κ2) is 9.08. The summed E-state index contributed by atoms with van der Waals surface area (Å²) >= 11 is 0. The molecule has 0 saturated heterocycles. The molecule has 3 aliphatic rings. The van der Waals surface area contributed by atoms with Crippen LogP contribution in [0, 0.1) is 0 Å². The predicted molar refractivity (Wildman–Crippen MR) is 130 cm³/mol. The first-order chi connectivity index (χ1) is 16.0. The molecular formula is C27H33N3O3. The molecule has 1 atom stereocenters. The maximum Gasteiger partial charge on any atom is 0.319 e. The van der Waals surface area contributed by atoms with Crippen LogP contribution in [-0.4, -0.2) is 29.0 Å². The average molecular weight is 448 g/mol. The number of amides is 2. The van der Waals surface area contributed by atoms with Gasteiger partial charge in [0, 0.05) is 46.4 Å². The summed E-state index contributed by atoms with van der Waals surface area (Å²) in [4.78, 5) is 25.1. The van der Waals surface area contributed by atoms with Crippen molar-refractivity contribution in [1.29, 1.82) is 0 Å². The van der Waals surface area contributed by atoms with Gasteiger partial charge in [0.1, 0.15) is 5.75 Å². The van der Waals surface area contributed by atoms with Gasteiger partial charge < -0.3 is 19.9 Å². The number of fused-ring (bicyclic) bond motifs is 1. The fraction of sp³-hybridized carbons (Fsp3) is 0.481. The molecule has 0 aliphatic heterocycles. The van der Waals surface area contributed by atoms with Gasteiger partial charge in [-0.15, -0.1) is 0 Å². The van der Waals surface area contributed by atoms with Gasteiger partial charge in [-0.1, -0.05) is 12.2 Å². The molecule has 2 saturated carbocycles. The Labute approximate surface area is 195 Å². The molecule has 0 spiro atoms. The lowest BCUT2D eigenvalue weighted by atomic mass is 9.88. The number of ether oxygens (including phenoxy) is 1. The lowest BCUT2D eigenvalue weighted by Crippen LogP contribution is -2.44. The van der Waals surface area contributed by atoms with Gasteiger partial charge in [0.25, 0.3) is 0 Å². The summed E-state index contributed by atoms with van der Waals surface area (Å²) < 4.78 is 8.18. The number of nitrogens with zero attached hydrogens (tertiary/aromatic N) is 1. The molecule has 6 nitrogen and oxygen atoms in total. The van der Waals surface area contributed by atoms with E-state index in [4.69, 9.17) is 4.74 Å². The van der Waals surface area contributed by atoms with Crippen LogP contribution in [0.15, 0.2) is 42.1 Å². The minimum atomic E-state index is -0.134. The van der Waals surface area contributed by atoms with Crippen molar-refractivity contribution < 1.29 is 14.3 Å². The lowest BCUT2D eigenvalue weighted by molar-refractivity contribution is 0.101. The van der Waals surface area contributed by atoms with Crippen molar-refractivity contribution in [2.75, 3.05) is 6.61 Å². The van der Waals surface area contributed by atoms with Gasteiger partial charge >= 0.3 is 6.03 Å². The summed E-state index contributed by atoms with van der Waals surface area (Å²) in [6, 6.07) is 6.68. The summed E-state index contributed by atoms with van der Waals surface area (Å²) in [6.07, 6.45) is 13.7. The van der Waals surface area contributed by atoms with E-state index in [0.29, 0.717) is 18.7 Å². The van der Waals surface area contributed by atoms with Crippen molar-refractivity contribution in [2.24, 2.45) is 0 Å². The number of aromatic nitrogens is 1. The van der Waals surface area contributed by atoms with Crippen molar-refractivity contribution in [3.8, 4) is 5.75 Å². The zero-order chi connectivity index (χ0) is 22.9. The first-order valence-corrected chi connectivity index (χ1v) is 12.3. The molecule has 3 aliphatic carbocycles. The summed E-state index contributed by atoms with van der Waals surface area (Å²) in [5.41, 5.74) is 3.83. The third-order valence-corrected chi connectivity index (χ3v) is 7.27. The molecule has 2 aromatic rings. The number of benzene rings is 1. The van der Waals surface area contributed by atoms with Gasteiger partial charge in [-0.25, -0.2) is 4.79 Å². The molecule has 5 rings (SSSR count). The Hall–Kier alpha value is -3.02. The molecule has 2 fully saturated rings. The highest BCUT2D eigenvalue weighted by molar-refractivity contribution is 6.09. The number of rotatable bonds is 7. The molecule has 6 heteroatoms. The van der Waals surface area contributed by atoms with Crippen LogP contribution in [0.4, 0.5) is 4.79 Å². The minimum Gasteiger partial charge on any atom is -0.494 e. The Bertz CT molecular complexity index is 1140. The minimum absolute atomic E-state index is 0.0905. The number of carbonyl (C=O) groups is 2. The van der Waals surface area contributed by atoms with E-state index in [2.05, 4.69) is 33.4 Å². The Balaban J connectivity index is 1.46. The number of carbonyl (C=O) groups excluding carboxylic acids is 2. The van der Waals surface area contributed by atoms with Crippen molar-refractivity contribution >= 4 is 22.7 Å². The monoisotopic (exact) mass is 447 g/mol. The molecule has 2 amide bonds. The predicted octanol–water partition coefficient (Wildman–Crippen LogP) is 5.75. The molecule has 174 valence electrons. The van der Waals surface area contributed by atoms with E-state index in [-0.39, 0.29) is 17.7 Å². The number of hydrogen-bond acceptors (Lipinski definition) is 3. The Morgan fingerprint density at radius 1 is 1.15 bits per heavy atom. The molecule has 1 unspecified atom stereocenters. The Morgan fingerprint density at radius 3 is 2.52 bits per heavy atom. The second-order valence-corrected chi connectivity index (χ2v) is 9.47. The quantitative estimate of drug-likeness (QED) is 0.531. The summed E-state index contributed by atoms with van der Waals surface area (Å²) in [5, 5.41) is 7.00. The van der Waals surface area contributed by atoms with Gasteiger partial charge in [-0.3, -0.25) is 4.79 Å². The fourth-order valence-electron chi connectivity index (χ4n) is 5.16. The van der Waals surface area contributed by atoms with Crippen molar-refractivity contribution in [3.05, 3.63) is 53.4 Å². The van der Waals surface area contributed by atoms with Crippen molar-refractivity contribution in [2.45, 2.75) is 76.8 Å². The number of hydrogen-bond donors (Lipinski definition) is 2. The van der Waals surface area contributed by atoms with Gasteiger partial charge in [-0.05, 0) is 77.0 Å². The van der Waals surface area contributed by atoms with Crippen LogP contribution in [0.2, 0.25) is 0 Å². The smallest absolute Gasteiger partial charge is 0.319 e. The zero-order valence-corrected chi connectivity index (χ0v) is 19.5. The number of nitrogens with one attached hydrogen (secondary N) is 2. The van der Waals surface area contributed by atoms with Crippen molar-refractivity contribution in [1.82, 2.24) is 15.2 Å². The molecular weight excluding hydrogens is 414 g/mol. The third-order valence-electron chi connectivity index (χ3n) is 7.27. The second-order valence-electron chi connectivity index (χ2n) is 9.47. The summed E-state index contributed by atoms with van der Waals surface area (Å²) in [5.74, 6) is 1.03. The van der Waals surface area contributed by atoms with Gasteiger partial charge in [-0.2, -0.15) is 0 Å². The SMILES string of the molecule is CCOc1ccc2c(C(C)=O)c(C3C=CC(NC(=O)NC4CCC4)=CC3)n(C3CCC3)c2c1. The van der Waals surface area contributed by atoms with Crippen molar-refractivity contribution in [3.63, 3.8) is 0 Å². The maximum absolute atomic E-state index is 12.9. The molecule has 0 bridgehead atoms. The van der Waals surface area contributed by atoms with Gasteiger partial charge in [0.15, 0.2) is 5.78 Å². The van der Waals surface area contributed by atoms with E-state index in [1.54, 1.807) is 6.92 Å². The Morgan fingerprint density at radius 2 is 1.94 bits per heavy atom. The van der Waals surface area contributed by atoms with E-state index in [1.807, 2.05) is 25.1 Å². The number of Topliss-reactive ketones (excluding diaryl/α,β-unsaturated/α-hetero) is 1. The molecule has 1 heterocycles. The first kappa shape index (κ1) is 21.8. The molecule has 33 heavy (non-hydrogen) atoms. The largest absolute Gasteiger partial charge is 0.494 e. The summed E-state index contributed by atoms with van der Waals surface area (Å²) in [6.45, 7) is 4.27. The van der Waals surface area contributed by atoms with E-state index >= 15 is 0 Å². The Kier molecular flexibility index (Phi) is 6.00. The van der Waals surface area contributed by atoms with E-state index in [9.17, 15) is 9.59 Å². The van der Waals surface area contributed by atoms with Crippen LogP contribution in [0.3, 0.4) is 0 Å². The molecule has 0 radical (unpaired) electrons. The number of allylic oxidation sites excluding steroid dienone is 3. The highest BCUT2D eigenvalue weighted by atomic mass is 16.5. The maximum atomic E-state index is 12.9. The highest BCUT2D eigenvalue weighted by Crippen LogP contribution is 2.44. The van der Waals surface area contributed by atoms with Crippen LogP contribution >= 0.6 is 0 Å². The molecule has 2 N–H and O–H groups in total. The topological polar surface area (TPSA) is 72.4 Å². The average Bonchev–Trinajstić information content (AvgIpc) is 3.05. The lowest BCUT2D eigenvalue weighted by Gasteiger charge is -2.32. The van der Waals surface area contributed by atoms with Gasteiger partial charge in [0.05, 0.1) is 12.1 Å². The zero-order valence-electron chi connectivity index (χ0n) is 19.5. The standard InChI is InChI=1S/C27H33N3O3/c1-3-33-22-14-15-23-24(16-22)30(21-8-5-9-21)26(25(23)17(2)31)18-10-12-20(13-11-18)29-27(32)28-19-6-4-7-19/h10,12-16,18-19,21H,3-9,11H2,1-2H3,(H2,28,29,32). The summed E-state index contributed by atoms with van der Waals surface area (Å²) in [7, 11) is 0. The molecule has 1 aromatic carbocycles. The normalized spacial score (nSPS) is 20.7. The van der Waals surface area contributed by atoms with Crippen LogP contribution in [-0.2, 0) is 0 Å². The third kappa shape index (κ3) is 4.19. The van der Waals surface area contributed by atoms with E-state index in [0.717, 1.165) is 65.7 Å². The van der Waals surface area contributed by atoms with E-state index < -0.39 is 0 Å². The first-order valence-electron chi connectivity index (χ1n) is 12.3. The molecule has 1 aromatic heterocycles. The van der Waals surface area contributed by atoms with Crippen LogP contribution in [0.1, 0.15) is 86.8 Å².